The van der Waals surface area contributed by atoms with Crippen LogP contribution in [0, 0.1) is 0 Å². The minimum atomic E-state index is -1.02. The molecule has 3 N–H and O–H groups in total. The Labute approximate surface area is 223 Å². The molecule has 1 fully saturated rings. The molecule has 1 aromatic rings. The number of hydrogen-bond donors (Lipinski definition) is 3. The van der Waals surface area contributed by atoms with E-state index in [9.17, 15) is 24.0 Å². The van der Waals surface area contributed by atoms with Gasteiger partial charge in [0.2, 0.25) is 11.8 Å². The van der Waals surface area contributed by atoms with E-state index in [2.05, 4.69) is 16.0 Å². The first kappa shape index (κ1) is 29.1. The first-order valence-electron chi connectivity index (χ1n) is 12.7. The Hall–Kier alpha value is -3.47. The van der Waals surface area contributed by atoms with Gasteiger partial charge >= 0.3 is 6.09 Å². The third-order valence-corrected chi connectivity index (χ3v) is 6.22. The van der Waals surface area contributed by atoms with Crippen LogP contribution in [0.2, 0.25) is 0 Å². The summed E-state index contributed by atoms with van der Waals surface area (Å²) in [5, 5.41) is 8.27. The van der Waals surface area contributed by atoms with Gasteiger partial charge in [0.25, 0.3) is 11.8 Å². The second-order valence-electron chi connectivity index (χ2n) is 11.9. The number of nitrogens with one attached hydrogen (secondary N) is 3. The number of carbonyl (C=O) groups is 5. The Kier molecular flexibility index (Phi) is 8.21. The molecule has 2 heterocycles. The molecule has 38 heavy (non-hydrogen) atoms. The Balaban J connectivity index is 1.62. The van der Waals surface area contributed by atoms with Crippen LogP contribution in [0.25, 0.3) is 0 Å². The van der Waals surface area contributed by atoms with Crippen LogP contribution in [0.5, 0.6) is 0 Å². The summed E-state index contributed by atoms with van der Waals surface area (Å²) in [4.78, 5) is 63.2. The van der Waals surface area contributed by atoms with Crippen molar-refractivity contribution >= 4 is 35.4 Å². The molecule has 1 saturated heterocycles. The minimum Gasteiger partial charge on any atom is -0.444 e. The molecule has 3 rings (SSSR count). The zero-order valence-electron chi connectivity index (χ0n) is 23.1. The predicted molar refractivity (Wildman–Crippen MR) is 140 cm³/mol. The number of amides is 5. The third kappa shape index (κ3) is 7.09. The highest BCUT2D eigenvalue weighted by atomic mass is 16.6. The number of carbonyl (C=O) groups excluding carboxylic acids is 5. The number of rotatable bonds is 9. The topological polar surface area (TPSA) is 143 Å². The summed E-state index contributed by atoms with van der Waals surface area (Å²) in [6.07, 6.45) is 0.192. The first-order chi connectivity index (χ1) is 17.5. The van der Waals surface area contributed by atoms with Gasteiger partial charge in [-0.1, -0.05) is 6.07 Å². The van der Waals surface area contributed by atoms with E-state index in [-0.39, 0.29) is 30.5 Å². The Morgan fingerprint density at radius 1 is 1.05 bits per heavy atom. The Morgan fingerprint density at radius 3 is 2.37 bits per heavy atom. The maximum Gasteiger partial charge on any atom is 0.407 e. The molecule has 0 bridgehead atoms. The van der Waals surface area contributed by atoms with Crippen molar-refractivity contribution in [1.82, 2.24) is 15.5 Å². The highest BCUT2D eigenvalue weighted by molar-refractivity contribution is 6.25. The van der Waals surface area contributed by atoms with Crippen LogP contribution in [0.1, 0.15) is 88.4 Å². The number of ether oxygens (including phenoxy) is 2. The van der Waals surface area contributed by atoms with Gasteiger partial charge in [0.15, 0.2) is 0 Å². The molecule has 0 aliphatic carbocycles. The Bertz CT molecular complexity index is 1140. The van der Waals surface area contributed by atoms with E-state index >= 15 is 0 Å². The lowest BCUT2D eigenvalue weighted by Crippen LogP contribution is -2.54. The standard InChI is InChI=1S/C27H38N4O7/c1-25(2,3)38-24(36)28-15-27(6,7)37-14-13-26(4,5)30-17-10-8-9-16-20(17)23(35)31(22(16)34)18-11-12-19(32)29-21(18)33/h8-10,18,30H,11-15H2,1-7H3,(H,28,36)(H,29,32,33). The predicted octanol–water partition coefficient (Wildman–Crippen LogP) is 2.99. The molecule has 2 aliphatic rings. The van der Waals surface area contributed by atoms with Gasteiger partial charge in [-0.2, -0.15) is 0 Å². The maximum atomic E-state index is 13.3. The summed E-state index contributed by atoms with van der Waals surface area (Å²) in [5.41, 5.74) is -0.871. The van der Waals surface area contributed by atoms with Crippen LogP contribution in [0.15, 0.2) is 18.2 Å². The second kappa shape index (κ2) is 10.7. The van der Waals surface area contributed by atoms with Crippen LogP contribution in [0.4, 0.5) is 10.5 Å². The van der Waals surface area contributed by atoms with Crippen molar-refractivity contribution < 1.29 is 33.4 Å². The van der Waals surface area contributed by atoms with Crippen molar-refractivity contribution in [2.75, 3.05) is 18.5 Å². The lowest BCUT2D eigenvalue weighted by molar-refractivity contribution is -0.136. The van der Waals surface area contributed by atoms with E-state index in [1.54, 1.807) is 39.0 Å². The van der Waals surface area contributed by atoms with Gasteiger partial charge in [-0.3, -0.25) is 29.4 Å². The van der Waals surface area contributed by atoms with Crippen LogP contribution >= 0.6 is 0 Å². The Morgan fingerprint density at radius 2 is 1.74 bits per heavy atom. The van der Waals surface area contributed by atoms with Crippen molar-refractivity contribution in [3.8, 4) is 0 Å². The van der Waals surface area contributed by atoms with Crippen LogP contribution in [0.3, 0.4) is 0 Å². The molecule has 208 valence electrons. The quantitative estimate of drug-likeness (QED) is 0.414. The average molecular weight is 531 g/mol. The summed E-state index contributed by atoms with van der Waals surface area (Å²) in [5.74, 6) is -2.18. The average Bonchev–Trinajstić information content (AvgIpc) is 3.02. The van der Waals surface area contributed by atoms with Crippen LogP contribution in [-0.2, 0) is 19.1 Å². The van der Waals surface area contributed by atoms with Crippen molar-refractivity contribution in [2.45, 2.75) is 90.5 Å². The zero-order valence-corrected chi connectivity index (χ0v) is 23.1. The molecule has 1 atom stereocenters. The molecule has 1 unspecified atom stereocenters. The molecule has 11 heteroatoms. The fourth-order valence-corrected chi connectivity index (χ4v) is 4.28. The van der Waals surface area contributed by atoms with Crippen molar-refractivity contribution in [1.29, 1.82) is 0 Å². The summed E-state index contributed by atoms with van der Waals surface area (Å²) in [6, 6.07) is 3.93. The number of alkyl carbamates (subject to hydrolysis) is 1. The van der Waals surface area contributed by atoms with Crippen molar-refractivity contribution in [2.24, 2.45) is 0 Å². The molecule has 0 aromatic heterocycles. The smallest absolute Gasteiger partial charge is 0.407 e. The SMILES string of the molecule is CC(C)(CCOC(C)(C)CNC(=O)OC(C)(C)C)Nc1cccc2c1C(=O)N(C1CCC(=O)NC1=O)C2=O. The normalized spacial score (nSPS) is 18.3. The van der Waals surface area contributed by atoms with Gasteiger partial charge in [-0.25, -0.2) is 4.79 Å². The first-order valence-corrected chi connectivity index (χ1v) is 12.7. The molecule has 2 aliphatic heterocycles. The maximum absolute atomic E-state index is 13.3. The lowest BCUT2D eigenvalue weighted by Gasteiger charge is -2.32. The summed E-state index contributed by atoms with van der Waals surface area (Å²) in [6.45, 7) is 13.6. The molecule has 0 saturated carbocycles. The number of benzene rings is 1. The number of imide groups is 2. The van der Waals surface area contributed by atoms with Gasteiger partial charge in [-0.15, -0.1) is 0 Å². The summed E-state index contributed by atoms with van der Waals surface area (Å²) >= 11 is 0. The zero-order chi connectivity index (χ0) is 28.5. The summed E-state index contributed by atoms with van der Waals surface area (Å²) in [7, 11) is 0. The van der Waals surface area contributed by atoms with E-state index in [1.807, 2.05) is 27.7 Å². The fraction of sp³-hybridized carbons (Fsp3) is 0.593. The van der Waals surface area contributed by atoms with Gasteiger partial charge in [-0.05, 0) is 73.4 Å². The molecule has 0 spiro atoms. The van der Waals surface area contributed by atoms with Gasteiger partial charge < -0.3 is 20.1 Å². The largest absolute Gasteiger partial charge is 0.444 e. The monoisotopic (exact) mass is 530 g/mol. The van der Waals surface area contributed by atoms with E-state index in [4.69, 9.17) is 9.47 Å². The van der Waals surface area contributed by atoms with E-state index in [0.717, 1.165) is 4.90 Å². The van der Waals surface area contributed by atoms with Gasteiger partial charge in [0.05, 0.1) is 16.7 Å². The fourth-order valence-electron chi connectivity index (χ4n) is 4.28. The lowest BCUT2D eigenvalue weighted by atomic mass is 9.98. The number of fused-ring (bicyclic) bond motifs is 1. The number of anilines is 1. The van der Waals surface area contributed by atoms with Crippen molar-refractivity contribution in [3.05, 3.63) is 29.3 Å². The van der Waals surface area contributed by atoms with E-state index in [1.165, 1.54) is 0 Å². The molecular formula is C27H38N4O7. The van der Waals surface area contributed by atoms with E-state index < -0.39 is 52.5 Å². The van der Waals surface area contributed by atoms with E-state index in [0.29, 0.717) is 18.7 Å². The minimum absolute atomic E-state index is 0.0611. The molecular weight excluding hydrogens is 492 g/mol. The van der Waals surface area contributed by atoms with Gasteiger partial charge in [0.1, 0.15) is 11.6 Å². The number of nitrogens with zero attached hydrogens (tertiary/aromatic N) is 1. The molecule has 11 nitrogen and oxygen atoms in total. The summed E-state index contributed by atoms with van der Waals surface area (Å²) < 4.78 is 11.3. The highest BCUT2D eigenvalue weighted by Crippen LogP contribution is 2.34. The van der Waals surface area contributed by atoms with Crippen LogP contribution in [-0.4, -0.2) is 70.6 Å². The molecule has 0 radical (unpaired) electrons. The number of piperidine rings is 1. The third-order valence-electron chi connectivity index (χ3n) is 6.22. The number of hydrogen-bond acceptors (Lipinski definition) is 8. The van der Waals surface area contributed by atoms with Crippen molar-refractivity contribution in [3.63, 3.8) is 0 Å². The second-order valence-corrected chi connectivity index (χ2v) is 11.9. The molecule has 1 aromatic carbocycles. The van der Waals surface area contributed by atoms with Gasteiger partial charge in [0, 0.05) is 30.8 Å². The highest BCUT2D eigenvalue weighted by Gasteiger charge is 2.46. The van der Waals surface area contributed by atoms with Crippen LogP contribution < -0.4 is 16.0 Å². The molecule has 5 amide bonds.